The Hall–Kier alpha value is -2.93. The minimum absolute atomic E-state index is 0.0865. The summed E-state index contributed by atoms with van der Waals surface area (Å²) in [6, 6.07) is 8.67. The highest BCUT2D eigenvalue weighted by Crippen LogP contribution is 2.31. The van der Waals surface area contributed by atoms with Crippen molar-refractivity contribution in [2.45, 2.75) is 44.8 Å². The van der Waals surface area contributed by atoms with E-state index in [1.165, 1.54) is 18.9 Å². The van der Waals surface area contributed by atoms with Gasteiger partial charge in [-0.3, -0.25) is 4.79 Å². The number of fused-ring (bicyclic) bond motifs is 1. The fourth-order valence-electron chi connectivity index (χ4n) is 4.07. The molecule has 1 fully saturated rings. The van der Waals surface area contributed by atoms with Crippen LogP contribution in [0.1, 0.15) is 60.7 Å². The van der Waals surface area contributed by atoms with Crippen LogP contribution >= 0.6 is 0 Å². The molecule has 1 saturated carbocycles. The van der Waals surface area contributed by atoms with Crippen LogP contribution in [0, 0.1) is 0 Å². The molecule has 4 rings (SSSR count). The number of hydrogen-bond donors (Lipinski definition) is 2. The monoisotopic (exact) mass is 394 g/mol. The van der Waals surface area contributed by atoms with Crippen molar-refractivity contribution in [3.05, 3.63) is 54.0 Å². The Balaban J connectivity index is 1.53. The molecule has 2 N–H and O–H groups in total. The Morgan fingerprint density at radius 2 is 2.07 bits per heavy atom. The van der Waals surface area contributed by atoms with Crippen LogP contribution in [0.2, 0.25) is 0 Å². The van der Waals surface area contributed by atoms with Gasteiger partial charge in [0, 0.05) is 18.8 Å². The van der Waals surface area contributed by atoms with Crippen molar-refractivity contribution in [3.8, 4) is 5.75 Å². The molecule has 0 spiro atoms. The van der Waals surface area contributed by atoms with Crippen LogP contribution in [0.15, 0.2) is 42.9 Å². The number of nitrogens with zero attached hydrogens (tertiary/aromatic N) is 4. The maximum atomic E-state index is 13.0. The van der Waals surface area contributed by atoms with Crippen LogP contribution in [0.5, 0.6) is 5.75 Å². The van der Waals surface area contributed by atoms with Gasteiger partial charge in [-0.2, -0.15) is 0 Å². The lowest BCUT2D eigenvalue weighted by atomic mass is 10.1. The van der Waals surface area contributed by atoms with Crippen molar-refractivity contribution in [1.82, 2.24) is 19.4 Å². The molecule has 1 aliphatic rings. The number of aromatic hydroxyl groups is 1. The highest BCUT2D eigenvalue weighted by atomic mass is 16.3. The molecule has 0 aliphatic heterocycles. The van der Waals surface area contributed by atoms with E-state index < -0.39 is 6.10 Å². The number of pyridine rings is 1. The van der Waals surface area contributed by atoms with E-state index in [0.29, 0.717) is 29.2 Å². The van der Waals surface area contributed by atoms with Crippen molar-refractivity contribution in [1.29, 1.82) is 0 Å². The van der Waals surface area contributed by atoms with Gasteiger partial charge in [0.05, 0.1) is 24.5 Å². The number of aliphatic hydroxyl groups is 1. The largest absolute Gasteiger partial charge is 0.508 e. The number of rotatable bonds is 6. The van der Waals surface area contributed by atoms with E-state index in [1.807, 2.05) is 13.3 Å². The van der Waals surface area contributed by atoms with Crippen LogP contribution < -0.4 is 0 Å². The predicted molar refractivity (Wildman–Crippen MR) is 110 cm³/mol. The summed E-state index contributed by atoms with van der Waals surface area (Å²) in [5, 5.41) is 20.1. The van der Waals surface area contributed by atoms with E-state index in [-0.39, 0.29) is 18.2 Å². The normalized spacial score (nSPS) is 15.7. The van der Waals surface area contributed by atoms with E-state index in [0.717, 1.165) is 18.5 Å². The summed E-state index contributed by atoms with van der Waals surface area (Å²) in [7, 11) is 0. The summed E-state index contributed by atoms with van der Waals surface area (Å²) in [6.45, 7) is 2.45. The molecule has 0 radical (unpaired) electrons. The molecule has 2 heterocycles. The lowest BCUT2D eigenvalue weighted by Gasteiger charge is -2.24. The van der Waals surface area contributed by atoms with Gasteiger partial charge in [0.25, 0.3) is 5.91 Å². The van der Waals surface area contributed by atoms with Crippen LogP contribution in [0.4, 0.5) is 0 Å². The van der Waals surface area contributed by atoms with E-state index in [4.69, 9.17) is 0 Å². The van der Waals surface area contributed by atoms with Crippen molar-refractivity contribution < 1.29 is 15.0 Å². The molecule has 7 heteroatoms. The maximum Gasteiger partial charge on any atom is 0.255 e. The highest BCUT2D eigenvalue weighted by molar-refractivity contribution is 5.96. The first-order chi connectivity index (χ1) is 14.1. The molecule has 2 aromatic heterocycles. The average molecular weight is 394 g/mol. The number of likely N-dealkylation sites (N-methyl/N-ethyl adjacent to an activating group) is 1. The molecule has 1 aromatic carbocycles. The van der Waals surface area contributed by atoms with Crippen molar-refractivity contribution in [2.24, 2.45) is 0 Å². The van der Waals surface area contributed by atoms with E-state index in [9.17, 15) is 15.0 Å². The molecule has 1 atom stereocenters. The molecule has 3 aromatic rings. The first kappa shape index (κ1) is 19.4. The lowest BCUT2D eigenvalue weighted by molar-refractivity contribution is 0.0634. The second-order valence-electron chi connectivity index (χ2n) is 7.61. The third kappa shape index (κ3) is 3.96. The minimum Gasteiger partial charge on any atom is -0.508 e. The fraction of sp³-hybridized carbons (Fsp3) is 0.409. The van der Waals surface area contributed by atoms with E-state index >= 15 is 0 Å². The van der Waals surface area contributed by atoms with Gasteiger partial charge in [-0.25, -0.2) is 9.97 Å². The van der Waals surface area contributed by atoms with Crippen molar-refractivity contribution >= 4 is 17.1 Å². The quantitative estimate of drug-likeness (QED) is 0.668. The van der Waals surface area contributed by atoms with Gasteiger partial charge in [0.1, 0.15) is 11.3 Å². The second kappa shape index (κ2) is 8.21. The van der Waals surface area contributed by atoms with E-state index in [2.05, 4.69) is 14.5 Å². The number of hydrogen-bond acceptors (Lipinski definition) is 5. The Morgan fingerprint density at radius 1 is 1.28 bits per heavy atom. The van der Waals surface area contributed by atoms with Gasteiger partial charge < -0.3 is 19.7 Å². The van der Waals surface area contributed by atoms with Crippen molar-refractivity contribution in [3.63, 3.8) is 0 Å². The standard InChI is InChI=1S/C22H26N4O3/c1-2-25(13-20(28)15-6-5-9-18(27)10-15)22(29)16-11-19-21(23-12-16)26(14-24-19)17-7-3-4-8-17/h5-6,9-12,14,17,20,27-28H,2-4,7-8,13H2,1H3. The van der Waals surface area contributed by atoms with Gasteiger partial charge in [0.2, 0.25) is 0 Å². The van der Waals surface area contributed by atoms with Gasteiger partial charge in [0.15, 0.2) is 5.65 Å². The number of benzene rings is 1. The zero-order valence-corrected chi connectivity index (χ0v) is 16.5. The van der Waals surface area contributed by atoms with E-state index in [1.54, 1.807) is 35.4 Å². The first-order valence-electron chi connectivity index (χ1n) is 10.2. The van der Waals surface area contributed by atoms with Crippen LogP contribution in [-0.4, -0.2) is 48.6 Å². The summed E-state index contributed by atoms with van der Waals surface area (Å²) in [5.74, 6) is -0.111. The number of aliphatic hydroxyl groups excluding tert-OH is 1. The van der Waals surface area contributed by atoms with Crippen LogP contribution in [0.25, 0.3) is 11.2 Å². The third-order valence-electron chi connectivity index (χ3n) is 5.70. The lowest BCUT2D eigenvalue weighted by Crippen LogP contribution is -2.34. The van der Waals surface area contributed by atoms with Gasteiger partial charge in [-0.05, 0) is 43.5 Å². The molecule has 1 unspecified atom stereocenters. The third-order valence-corrected chi connectivity index (χ3v) is 5.70. The van der Waals surface area contributed by atoms with Gasteiger partial charge >= 0.3 is 0 Å². The molecule has 152 valence electrons. The number of imidazole rings is 1. The summed E-state index contributed by atoms with van der Waals surface area (Å²) < 4.78 is 2.12. The first-order valence-corrected chi connectivity index (χ1v) is 10.2. The summed E-state index contributed by atoms with van der Waals surface area (Å²) in [6.07, 6.45) is 7.28. The Labute approximate surface area is 169 Å². The van der Waals surface area contributed by atoms with Gasteiger partial charge in [-0.15, -0.1) is 0 Å². The predicted octanol–water partition coefficient (Wildman–Crippen LogP) is 3.45. The molecular weight excluding hydrogens is 368 g/mol. The Morgan fingerprint density at radius 3 is 2.79 bits per heavy atom. The molecule has 1 amide bonds. The topological polar surface area (TPSA) is 91.5 Å². The molecule has 1 aliphatic carbocycles. The van der Waals surface area contributed by atoms with Crippen molar-refractivity contribution in [2.75, 3.05) is 13.1 Å². The van der Waals surface area contributed by atoms with Gasteiger partial charge in [-0.1, -0.05) is 25.0 Å². The number of carbonyl (C=O) groups is 1. The summed E-state index contributed by atoms with van der Waals surface area (Å²) in [5.41, 5.74) is 2.56. The Bertz CT molecular complexity index is 1010. The summed E-state index contributed by atoms with van der Waals surface area (Å²) in [4.78, 5) is 23.6. The smallest absolute Gasteiger partial charge is 0.255 e. The second-order valence-corrected chi connectivity index (χ2v) is 7.61. The minimum atomic E-state index is -0.885. The number of phenolic OH excluding ortho intramolecular Hbond substituents is 1. The van der Waals surface area contributed by atoms with Crippen LogP contribution in [0.3, 0.4) is 0 Å². The molecular formula is C22H26N4O3. The molecule has 0 bridgehead atoms. The average Bonchev–Trinajstić information content (AvgIpc) is 3.40. The SMILES string of the molecule is CCN(CC(O)c1cccc(O)c1)C(=O)c1cnc2c(c1)ncn2C1CCCC1. The number of amides is 1. The molecule has 29 heavy (non-hydrogen) atoms. The fourth-order valence-corrected chi connectivity index (χ4v) is 4.07. The van der Waals surface area contributed by atoms with Crippen LogP contribution in [-0.2, 0) is 0 Å². The zero-order chi connectivity index (χ0) is 20.4. The number of aromatic nitrogens is 3. The summed E-state index contributed by atoms with van der Waals surface area (Å²) >= 11 is 0. The zero-order valence-electron chi connectivity index (χ0n) is 16.5. The highest BCUT2D eigenvalue weighted by Gasteiger charge is 2.22. The molecule has 0 saturated heterocycles. The Kier molecular flexibility index (Phi) is 5.49. The number of carbonyl (C=O) groups excluding carboxylic acids is 1. The molecule has 7 nitrogen and oxygen atoms in total. The number of phenols is 1. The maximum absolute atomic E-state index is 13.0.